The Balaban J connectivity index is 1.26. The van der Waals surface area contributed by atoms with Crippen LogP contribution in [0.1, 0.15) is 55.8 Å². The summed E-state index contributed by atoms with van der Waals surface area (Å²) in [5.74, 6) is 1.74. The summed E-state index contributed by atoms with van der Waals surface area (Å²) >= 11 is 0. The number of carbonyl (C=O) groups excluding carboxylic acids is 1. The number of carbonyl (C=O) groups is 1. The zero-order chi connectivity index (χ0) is 19.3. The first-order valence-electron chi connectivity index (χ1n) is 10.4. The monoisotopic (exact) mass is 383 g/mol. The second-order valence-corrected chi connectivity index (χ2v) is 7.85. The Morgan fingerprint density at radius 1 is 1.29 bits per heavy atom. The fourth-order valence-electron chi connectivity index (χ4n) is 3.85. The van der Waals surface area contributed by atoms with Gasteiger partial charge >= 0.3 is 6.03 Å². The number of nitrogens with zero attached hydrogens (tertiary/aromatic N) is 4. The number of hydrogen-bond acceptors (Lipinski definition) is 5. The van der Waals surface area contributed by atoms with Crippen LogP contribution in [0, 0.1) is 0 Å². The van der Waals surface area contributed by atoms with Gasteiger partial charge in [0.2, 0.25) is 5.89 Å². The Hall–Kier alpha value is -2.41. The van der Waals surface area contributed by atoms with Gasteiger partial charge in [0.1, 0.15) is 0 Å². The van der Waals surface area contributed by atoms with Crippen molar-refractivity contribution >= 4 is 6.03 Å². The predicted octanol–water partition coefficient (Wildman–Crippen LogP) is 3.14. The van der Waals surface area contributed by atoms with Gasteiger partial charge in [-0.05, 0) is 31.7 Å². The van der Waals surface area contributed by atoms with Crippen molar-refractivity contribution in [2.45, 2.75) is 57.7 Å². The number of nitrogens with one attached hydrogen (secondary N) is 1. The third kappa shape index (κ3) is 4.52. The Kier molecular flexibility index (Phi) is 5.90. The standard InChI is InChI=1S/C21H29N5O2/c1-2-26(15-19-23-20(28-24-19)17-9-6-10-17)21(27)22-18-11-12-25(14-18)13-16-7-4-3-5-8-16/h3-5,7-8,17-18H,2,6,9-15H2,1H3,(H,22,27). The summed E-state index contributed by atoms with van der Waals surface area (Å²) in [6.45, 7) is 5.78. The molecular weight excluding hydrogens is 354 g/mol. The fraction of sp³-hybridized carbons (Fsp3) is 0.571. The van der Waals surface area contributed by atoms with E-state index in [9.17, 15) is 4.79 Å². The van der Waals surface area contributed by atoms with Crippen LogP contribution in [0.5, 0.6) is 0 Å². The summed E-state index contributed by atoms with van der Waals surface area (Å²) in [7, 11) is 0. The second-order valence-electron chi connectivity index (χ2n) is 7.85. The minimum absolute atomic E-state index is 0.0518. The Morgan fingerprint density at radius 2 is 2.11 bits per heavy atom. The van der Waals surface area contributed by atoms with Crippen LogP contribution in [0.3, 0.4) is 0 Å². The molecule has 150 valence electrons. The lowest BCUT2D eigenvalue weighted by Crippen LogP contribution is -2.45. The number of urea groups is 1. The van der Waals surface area contributed by atoms with E-state index < -0.39 is 0 Å². The summed E-state index contributed by atoms with van der Waals surface area (Å²) in [5, 5.41) is 7.24. The molecule has 1 aliphatic carbocycles. The first-order valence-corrected chi connectivity index (χ1v) is 10.4. The third-order valence-corrected chi connectivity index (χ3v) is 5.79. The Bertz CT molecular complexity index is 774. The van der Waals surface area contributed by atoms with Gasteiger partial charge in [0.25, 0.3) is 0 Å². The molecule has 1 aromatic heterocycles. The maximum Gasteiger partial charge on any atom is 0.318 e. The number of rotatable bonds is 7. The van der Waals surface area contributed by atoms with Crippen LogP contribution in [-0.2, 0) is 13.1 Å². The van der Waals surface area contributed by atoms with Crippen molar-refractivity contribution in [2.24, 2.45) is 0 Å². The summed E-state index contributed by atoms with van der Waals surface area (Å²) in [5.41, 5.74) is 1.31. The van der Waals surface area contributed by atoms with Gasteiger partial charge in [-0.2, -0.15) is 4.98 Å². The molecule has 1 saturated heterocycles. The molecule has 1 atom stereocenters. The van der Waals surface area contributed by atoms with E-state index in [-0.39, 0.29) is 12.1 Å². The molecule has 1 aliphatic heterocycles. The van der Waals surface area contributed by atoms with Crippen LogP contribution < -0.4 is 5.32 Å². The van der Waals surface area contributed by atoms with Crippen LogP contribution in [0.4, 0.5) is 4.79 Å². The molecule has 7 nitrogen and oxygen atoms in total. The molecule has 1 aromatic carbocycles. The SMILES string of the molecule is CCN(Cc1noc(C2CCC2)n1)C(=O)NC1CCN(Cc2ccccc2)C1. The van der Waals surface area contributed by atoms with Gasteiger partial charge in [-0.3, -0.25) is 4.90 Å². The quantitative estimate of drug-likeness (QED) is 0.795. The van der Waals surface area contributed by atoms with E-state index in [0.29, 0.717) is 24.8 Å². The lowest BCUT2D eigenvalue weighted by molar-refractivity contribution is 0.191. The number of amides is 2. The molecule has 7 heteroatoms. The van der Waals surface area contributed by atoms with Crippen molar-refractivity contribution < 1.29 is 9.32 Å². The molecule has 4 rings (SSSR count). The van der Waals surface area contributed by atoms with Crippen molar-refractivity contribution in [1.29, 1.82) is 0 Å². The van der Waals surface area contributed by atoms with Gasteiger partial charge in [-0.1, -0.05) is 41.9 Å². The van der Waals surface area contributed by atoms with E-state index in [0.717, 1.165) is 44.8 Å². The average Bonchev–Trinajstić information content (AvgIpc) is 3.29. The molecular formula is C21H29N5O2. The van der Waals surface area contributed by atoms with Crippen LogP contribution in [0.2, 0.25) is 0 Å². The van der Waals surface area contributed by atoms with Gasteiger partial charge in [-0.15, -0.1) is 0 Å². The van der Waals surface area contributed by atoms with E-state index >= 15 is 0 Å². The lowest BCUT2D eigenvalue weighted by Gasteiger charge is -2.23. The average molecular weight is 383 g/mol. The van der Waals surface area contributed by atoms with Crippen LogP contribution >= 0.6 is 0 Å². The lowest BCUT2D eigenvalue weighted by atomic mass is 9.85. The molecule has 2 aliphatic rings. The van der Waals surface area contributed by atoms with Crippen molar-refractivity contribution in [3.05, 3.63) is 47.6 Å². The normalized spacial score (nSPS) is 20.1. The van der Waals surface area contributed by atoms with Crippen molar-refractivity contribution in [3.63, 3.8) is 0 Å². The second kappa shape index (κ2) is 8.73. The van der Waals surface area contributed by atoms with Gasteiger partial charge in [0, 0.05) is 38.1 Å². The summed E-state index contributed by atoms with van der Waals surface area (Å²) in [4.78, 5) is 21.3. The molecule has 0 bridgehead atoms. The van der Waals surface area contributed by atoms with Gasteiger partial charge in [0.15, 0.2) is 5.82 Å². The maximum atomic E-state index is 12.7. The topological polar surface area (TPSA) is 74.5 Å². The molecule has 1 unspecified atom stereocenters. The molecule has 1 N–H and O–H groups in total. The highest BCUT2D eigenvalue weighted by atomic mass is 16.5. The van der Waals surface area contributed by atoms with E-state index in [2.05, 4.69) is 44.6 Å². The molecule has 2 aromatic rings. The smallest absolute Gasteiger partial charge is 0.318 e. The van der Waals surface area contributed by atoms with Crippen LogP contribution in [0.15, 0.2) is 34.9 Å². The number of hydrogen-bond donors (Lipinski definition) is 1. The Morgan fingerprint density at radius 3 is 2.82 bits per heavy atom. The number of likely N-dealkylation sites (tertiary alicyclic amines) is 1. The molecule has 1 saturated carbocycles. The highest BCUT2D eigenvalue weighted by Gasteiger charge is 2.28. The minimum Gasteiger partial charge on any atom is -0.339 e. The highest BCUT2D eigenvalue weighted by Crippen LogP contribution is 2.35. The number of aromatic nitrogens is 2. The van der Waals surface area contributed by atoms with Crippen molar-refractivity contribution in [3.8, 4) is 0 Å². The highest BCUT2D eigenvalue weighted by molar-refractivity contribution is 5.74. The zero-order valence-corrected chi connectivity index (χ0v) is 16.5. The first kappa shape index (κ1) is 18.9. The van der Waals surface area contributed by atoms with Gasteiger partial charge in [0.05, 0.1) is 6.54 Å². The van der Waals surface area contributed by atoms with Crippen LogP contribution in [0.25, 0.3) is 0 Å². The summed E-state index contributed by atoms with van der Waals surface area (Å²) in [6.07, 6.45) is 4.46. The third-order valence-electron chi connectivity index (χ3n) is 5.79. The largest absolute Gasteiger partial charge is 0.339 e. The van der Waals surface area contributed by atoms with E-state index in [1.165, 1.54) is 12.0 Å². The fourth-order valence-corrected chi connectivity index (χ4v) is 3.85. The van der Waals surface area contributed by atoms with E-state index in [1.807, 2.05) is 13.0 Å². The molecule has 2 heterocycles. The molecule has 0 radical (unpaired) electrons. The van der Waals surface area contributed by atoms with Gasteiger partial charge in [-0.25, -0.2) is 4.79 Å². The molecule has 2 amide bonds. The first-order chi connectivity index (χ1) is 13.7. The summed E-state index contributed by atoms with van der Waals surface area (Å²) < 4.78 is 5.37. The van der Waals surface area contributed by atoms with Crippen LogP contribution in [-0.4, -0.2) is 51.6 Å². The molecule has 0 spiro atoms. The van der Waals surface area contributed by atoms with Gasteiger partial charge < -0.3 is 14.7 Å². The van der Waals surface area contributed by atoms with Crippen molar-refractivity contribution in [1.82, 2.24) is 25.3 Å². The summed E-state index contributed by atoms with van der Waals surface area (Å²) in [6, 6.07) is 10.6. The molecule has 28 heavy (non-hydrogen) atoms. The molecule has 2 fully saturated rings. The predicted molar refractivity (Wildman–Crippen MR) is 106 cm³/mol. The van der Waals surface area contributed by atoms with E-state index in [1.54, 1.807) is 4.90 Å². The number of benzene rings is 1. The maximum absolute atomic E-state index is 12.7. The van der Waals surface area contributed by atoms with Crippen molar-refractivity contribution in [2.75, 3.05) is 19.6 Å². The zero-order valence-electron chi connectivity index (χ0n) is 16.5. The minimum atomic E-state index is -0.0518. The van der Waals surface area contributed by atoms with E-state index in [4.69, 9.17) is 4.52 Å². The Labute approximate surface area is 166 Å².